The molecule has 0 radical (unpaired) electrons. The van der Waals surface area contributed by atoms with Gasteiger partial charge in [0.2, 0.25) is 29.5 Å². The van der Waals surface area contributed by atoms with Crippen LogP contribution in [0.1, 0.15) is 70.6 Å². The van der Waals surface area contributed by atoms with Crippen LogP contribution in [0.25, 0.3) is 0 Å². The fourth-order valence-electron chi connectivity index (χ4n) is 4.28. The highest BCUT2D eigenvalue weighted by Crippen LogP contribution is 2.21. The number of rotatable bonds is 23. The second-order valence-electron chi connectivity index (χ2n) is 10.9. The number of unbranched alkanes of at least 4 members (excludes halogenated alkanes) is 2. The van der Waals surface area contributed by atoms with E-state index >= 15 is 0 Å². The van der Waals surface area contributed by atoms with Gasteiger partial charge in [0, 0.05) is 38.1 Å². The van der Waals surface area contributed by atoms with Gasteiger partial charge < -0.3 is 47.7 Å². The van der Waals surface area contributed by atoms with Crippen LogP contribution in [-0.4, -0.2) is 105 Å². The molecule has 9 N–H and O–H groups in total. The molecule has 0 heterocycles. The van der Waals surface area contributed by atoms with Crippen LogP contribution in [0.4, 0.5) is 4.79 Å². The van der Waals surface area contributed by atoms with Crippen molar-refractivity contribution >= 4 is 35.6 Å². The Kier molecular flexibility index (Phi) is 15.6. The minimum Gasteiger partial charge on any atom is -0.453 e. The Morgan fingerprint density at radius 1 is 0.714 bits per heavy atom. The van der Waals surface area contributed by atoms with E-state index in [1.807, 2.05) is 0 Å². The molecule has 2 aliphatic rings. The summed E-state index contributed by atoms with van der Waals surface area (Å²) in [6.07, 6.45) is 7.08. The van der Waals surface area contributed by atoms with E-state index in [0.29, 0.717) is 63.7 Å². The van der Waals surface area contributed by atoms with Gasteiger partial charge in [0.05, 0.1) is 19.2 Å². The van der Waals surface area contributed by atoms with Crippen molar-refractivity contribution in [1.29, 1.82) is 0 Å². The molecule has 2 saturated carbocycles. The van der Waals surface area contributed by atoms with Crippen LogP contribution < -0.4 is 38.1 Å². The number of carbonyl (C=O) groups is 6. The highest BCUT2D eigenvalue weighted by molar-refractivity contribution is 5.89. The van der Waals surface area contributed by atoms with Gasteiger partial charge in [0.1, 0.15) is 13.1 Å². The third kappa shape index (κ3) is 15.5. The Morgan fingerprint density at radius 2 is 1.17 bits per heavy atom. The standard InChI is InChI=1S/C27H48N8O7/c1-42-27(41)32-15-12-24(38)35(16-22(36)30-13-4-2-6-20(25(28)39)33-18-8-9-18)17-23(37)31-14-5-3-7-21(26(29)40)34-19-10-11-19/h18-21,33-34H,2-17H2,1H3,(H2,28,39)(H2,29,40)(H,30,36)(H,31,37)(H,32,41). The van der Waals surface area contributed by atoms with Crippen molar-refractivity contribution in [3.05, 3.63) is 0 Å². The number of hydrogen-bond donors (Lipinski definition) is 7. The van der Waals surface area contributed by atoms with E-state index in [2.05, 4.69) is 31.3 Å². The lowest BCUT2D eigenvalue weighted by Crippen LogP contribution is -2.46. The van der Waals surface area contributed by atoms with Gasteiger partial charge in [-0.15, -0.1) is 0 Å². The van der Waals surface area contributed by atoms with E-state index in [0.717, 1.165) is 30.6 Å². The SMILES string of the molecule is COC(=O)NCCC(=O)N(CC(=O)NCCCCC(NC1CC1)C(N)=O)CC(=O)NCCCCC(NC1CC1)C(N)=O. The quantitative estimate of drug-likeness (QED) is 0.0669. The summed E-state index contributed by atoms with van der Waals surface area (Å²) in [5.74, 6) is -2.12. The molecule has 15 nitrogen and oxygen atoms in total. The highest BCUT2D eigenvalue weighted by atomic mass is 16.5. The van der Waals surface area contributed by atoms with Crippen molar-refractivity contribution in [2.75, 3.05) is 39.8 Å². The van der Waals surface area contributed by atoms with Gasteiger partial charge in [-0.05, 0) is 64.2 Å². The van der Waals surface area contributed by atoms with Crippen molar-refractivity contribution < 1.29 is 33.5 Å². The fraction of sp³-hybridized carbons (Fsp3) is 0.778. The zero-order chi connectivity index (χ0) is 30.9. The second kappa shape index (κ2) is 18.9. The van der Waals surface area contributed by atoms with Gasteiger partial charge in [0.25, 0.3) is 0 Å². The van der Waals surface area contributed by atoms with Gasteiger partial charge in [0.15, 0.2) is 0 Å². The van der Waals surface area contributed by atoms with Crippen LogP contribution in [0.2, 0.25) is 0 Å². The van der Waals surface area contributed by atoms with E-state index in [4.69, 9.17) is 11.5 Å². The Bertz CT molecular complexity index is 870. The summed E-state index contributed by atoms with van der Waals surface area (Å²) in [5, 5.41) is 14.3. The van der Waals surface area contributed by atoms with Gasteiger partial charge in [-0.3, -0.25) is 24.0 Å². The van der Waals surface area contributed by atoms with E-state index in [1.54, 1.807) is 0 Å². The predicted octanol–water partition coefficient (Wildman–Crippen LogP) is -1.65. The smallest absolute Gasteiger partial charge is 0.406 e. The largest absolute Gasteiger partial charge is 0.453 e. The maximum atomic E-state index is 12.8. The number of ether oxygens (including phenoxy) is 1. The molecule has 2 fully saturated rings. The van der Waals surface area contributed by atoms with Crippen LogP contribution in [0.15, 0.2) is 0 Å². The van der Waals surface area contributed by atoms with E-state index in [9.17, 15) is 28.8 Å². The van der Waals surface area contributed by atoms with Gasteiger partial charge in [-0.1, -0.05) is 0 Å². The lowest BCUT2D eigenvalue weighted by atomic mass is 10.1. The monoisotopic (exact) mass is 596 g/mol. The number of nitrogens with zero attached hydrogens (tertiary/aromatic N) is 1. The number of amides is 6. The summed E-state index contributed by atoms with van der Waals surface area (Å²) in [4.78, 5) is 73.5. The maximum absolute atomic E-state index is 12.8. The summed E-state index contributed by atoms with van der Waals surface area (Å²) in [6.45, 7) is 0.00806. The predicted molar refractivity (Wildman–Crippen MR) is 154 cm³/mol. The Labute approximate surface area is 246 Å². The van der Waals surface area contributed by atoms with E-state index in [-0.39, 0.29) is 50.0 Å². The van der Waals surface area contributed by atoms with Gasteiger partial charge in [-0.2, -0.15) is 0 Å². The highest BCUT2D eigenvalue weighted by Gasteiger charge is 2.28. The van der Waals surface area contributed by atoms with Crippen molar-refractivity contribution in [1.82, 2.24) is 31.5 Å². The van der Waals surface area contributed by atoms with Crippen LogP contribution in [0.5, 0.6) is 0 Å². The third-order valence-corrected chi connectivity index (χ3v) is 7.01. The molecular weight excluding hydrogens is 548 g/mol. The maximum Gasteiger partial charge on any atom is 0.406 e. The molecule has 0 bridgehead atoms. The normalized spacial score (nSPS) is 15.6. The van der Waals surface area contributed by atoms with Crippen LogP contribution in [0, 0.1) is 0 Å². The second-order valence-corrected chi connectivity index (χ2v) is 10.9. The number of carbonyl (C=O) groups excluding carboxylic acids is 6. The van der Waals surface area contributed by atoms with E-state index in [1.165, 1.54) is 7.11 Å². The molecule has 0 saturated heterocycles. The molecule has 2 rings (SSSR count). The molecule has 6 amide bonds. The first-order valence-corrected chi connectivity index (χ1v) is 14.8. The zero-order valence-corrected chi connectivity index (χ0v) is 24.6. The zero-order valence-electron chi connectivity index (χ0n) is 24.6. The Morgan fingerprint density at radius 3 is 1.55 bits per heavy atom. The third-order valence-electron chi connectivity index (χ3n) is 7.01. The molecule has 238 valence electrons. The number of primary amides is 2. The van der Waals surface area contributed by atoms with E-state index < -0.39 is 23.8 Å². The molecule has 0 spiro atoms. The van der Waals surface area contributed by atoms with Gasteiger partial charge in [-0.25, -0.2) is 4.79 Å². The minimum atomic E-state index is -0.693. The Hall–Kier alpha value is -3.46. The van der Waals surface area contributed by atoms with Crippen LogP contribution in [0.3, 0.4) is 0 Å². The first-order chi connectivity index (χ1) is 20.1. The Balaban J connectivity index is 1.73. The number of hydrogen-bond acceptors (Lipinski definition) is 9. The molecule has 42 heavy (non-hydrogen) atoms. The molecule has 2 unspecified atom stereocenters. The molecule has 2 atom stereocenters. The number of methoxy groups -OCH3 is 1. The lowest BCUT2D eigenvalue weighted by Gasteiger charge is -2.22. The first kappa shape index (κ1) is 34.7. The summed E-state index contributed by atoms with van der Waals surface area (Å²) < 4.78 is 4.49. The van der Waals surface area contributed by atoms with Crippen LogP contribution >= 0.6 is 0 Å². The summed E-state index contributed by atoms with van der Waals surface area (Å²) in [6, 6.07) is -0.0619. The summed E-state index contributed by atoms with van der Waals surface area (Å²) >= 11 is 0. The van der Waals surface area contributed by atoms with Crippen molar-refractivity contribution in [3.63, 3.8) is 0 Å². The van der Waals surface area contributed by atoms with Crippen molar-refractivity contribution in [2.45, 2.75) is 94.8 Å². The van der Waals surface area contributed by atoms with Crippen molar-refractivity contribution in [3.8, 4) is 0 Å². The lowest BCUT2D eigenvalue weighted by molar-refractivity contribution is -0.139. The molecule has 0 aromatic carbocycles. The average molecular weight is 597 g/mol. The molecule has 15 heteroatoms. The summed E-state index contributed by atoms with van der Waals surface area (Å²) in [7, 11) is 1.20. The molecule has 0 aliphatic heterocycles. The molecule has 0 aromatic rings. The molecular formula is C27H48N8O7. The minimum absolute atomic E-state index is 0.0168. The number of nitrogens with one attached hydrogen (secondary N) is 5. The molecule has 0 aromatic heterocycles. The van der Waals surface area contributed by atoms with Gasteiger partial charge >= 0.3 is 6.09 Å². The first-order valence-electron chi connectivity index (χ1n) is 14.8. The van der Waals surface area contributed by atoms with Crippen molar-refractivity contribution in [2.24, 2.45) is 11.5 Å². The number of alkyl carbamates (subject to hydrolysis) is 1. The fourth-order valence-corrected chi connectivity index (χ4v) is 4.28. The van der Waals surface area contributed by atoms with Crippen LogP contribution in [-0.2, 0) is 28.7 Å². The molecule has 2 aliphatic carbocycles. The summed E-state index contributed by atoms with van der Waals surface area (Å²) in [5.41, 5.74) is 10.9. The number of nitrogens with two attached hydrogens (primary N) is 2. The topological polar surface area (TPSA) is 227 Å². The average Bonchev–Trinajstić information content (AvgIpc) is 3.87.